The quantitative estimate of drug-likeness (QED) is 0.664. The molecule has 1 nitrogen and oxygen atoms in total. The first kappa shape index (κ1) is 12.2. The van der Waals surface area contributed by atoms with Gasteiger partial charge in [-0.05, 0) is 12.1 Å². The van der Waals surface area contributed by atoms with E-state index in [1.165, 1.54) is 5.56 Å². The van der Waals surface area contributed by atoms with Crippen LogP contribution in [0.3, 0.4) is 0 Å². The summed E-state index contributed by atoms with van der Waals surface area (Å²) < 4.78 is 5.34. The number of ether oxygens (including phenoxy) is 1. The third-order valence-electron chi connectivity index (χ3n) is 1.55. The first-order chi connectivity index (χ1) is 4.97. The molecule has 1 radical (unpaired) electrons. The van der Waals surface area contributed by atoms with Crippen LogP contribution in [0.1, 0.15) is 5.56 Å². The standard InChI is InChI=1S/C9H8O.Cu.Zr/c1-2-6-9-8(4-1)5-3-7-10-9;;/h1-6H,7H2;;. The van der Waals surface area contributed by atoms with Crippen LogP contribution in [0, 0.1) is 0 Å². The average Bonchev–Trinajstić information content (AvgIpc) is 2.05. The summed E-state index contributed by atoms with van der Waals surface area (Å²) in [6.07, 6.45) is 4.10. The minimum atomic E-state index is 0. The molecule has 0 aromatic heterocycles. The molecule has 2 rings (SSSR count). The van der Waals surface area contributed by atoms with Crippen LogP contribution in [-0.2, 0) is 43.3 Å². The molecule has 0 saturated carbocycles. The topological polar surface area (TPSA) is 9.23 Å². The van der Waals surface area contributed by atoms with Gasteiger partial charge in [0.05, 0.1) is 0 Å². The zero-order chi connectivity index (χ0) is 6.81. The largest absolute Gasteiger partial charge is 0.489 e. The van der Waals surface area contributed by atoms with Crippen molar-refractivity contribution in [2.24, 2.45) is 0 Å². The summed E-state index contributed by atoms with van der Waals surface area (Å²) in [5, 5.41) is 0. The minimum Gasteiger partial charge on any atom is -0.489 e. The van der Waals surface area contributed by atoms with Crippen molar-refractivity contribution in [1.29, 1.82) is 0 Å². The summed E-state index contributed by atoms with van der Waals surface area (Å²) >= 11 is 0. The van der Waals surface area contributed by atoms with E-state index in [2.05, 4.69) is 6.08 Å². The molecule has 0 N–H and O–H groups in total. The van der Waals surface area contributed by atoms with Crippen LogP contribution >= 0.6 is 0 Å². The third-order valence-corrected chi connectivity index (χ3v) is 1.55. The van der Waals surface area contributed by atoms with E-state index in [-0.39, 0.29) is 43.3 Å². The van der Waals surface area contributed by atoms with Crippen LogP contribution in [0.4, 0.5) is 0 Å². The van der Waals surface area contributed by atoms with E-state index in [1.54, 1.807) is 0 Å². The summed E-state index contributed by atoms with van der Waals surface area (Å²) in [4.78, 5) is 0. The molecule has 1 aliphatic heterocycles. The molecule has 0 unspecified atom stereocenters. The average molecular weight is 287 g/mol. The Morgan fingerprint density at radius 2 is 1.92 bits per heavy atom. The van der Waals surface area contributed by atoms with Crippen molar-refractivity contribution >= 4 is 6.08 Å². The molecule has 0 amide bonds. The van der Waals surface area contributed by atoms with E-state index in [1.807, 2.05) is 30.3 Å². The van der Waals surface area contributed by atoms with E-state index in [0.29, 0.717) is 6.61 Å². The molecule has 0 bridgehead atoms. The van der Waals surface area contributed by atoms with Gasteiger partial charge in [-0.25, -0.2) is 0 Å². The summed E-state index contributed by atoms with van der Waals surface area (Å²) in [6.45, 7) is 0.705. The normalized spacial score (nSPS) is 11.7. The van der Waals surface area contributed by atoms with Crippen molar-refractivity contribution in [3.8, 4) is 5.75 Å². The van der Waals surface area contributed by atoms with Crippen molar-refractivity contribution in [3.05, 3.63) is 35.9 Å². The molecule has 0 spiro atoms. The zero-order valence-electron chi connectivity index (χ0n) is 6.38. The fraction of sp³-hybridized carbons (Fsp3) is 0.111. The monoisotopic (exact) mass is 285 g/mol. The third kappa shape index (κ3) is 2.59. The number of fused-ring (bicyclic) bond motifs is 1. The van der Waals surface area contributed by atoms with Gasteiger partial charge in [0.15, 0.2) is 0 Å². The van der Waals surface area contributed by atoms with Crippen molar-refractivity contribution in [1.82, 2.24) is 0 Å². The molecule has 0 saturated heterocycles. The van der Waals surface area contributed by atoms with Gasteiger partial charge in [0, 0.05) is 48.8 Å². The Balaban J connectivity index is 0.000000605. The van der Waals surface area contributed by atoms with E-state index in [9.17, 15) is 0 Å². The second-order valence-corrected chi connectivity index (χ2v) is 2.25. The number of benzene rings is 1. The Morgan fingerprint density at radius 3 is 2.67 bits per heavy atom. The van der Waals surface area contributed by atoms with Gasteiger partial charge < -0.3 is 4.74 Å². The molecule has 1 aromatic rings. The second kappa shape index (κ2) is 5.75. The maximum Gasteiger partial charge on any atom is 0.126 e. The second-order valence-electron chi connectivity index (χ2n) is 2.25. The Kier molecular flexibility index (Phi) is 5.83. The van der Waals surface area contributed by atoms with E-state index in [4.69, 9.17) is 4.74 Å². The van der Waals surface area contributed by atoms with Crippen LogP contribution < -0.4 is 4.74 Å². The fourth-order valence-corrected chi connectivity index (χ4v) is 1.06. The Bertz CT molecular complexity index is 273. The van der Waals surface area contributed by atoms with Crippen molar-refractivity contribution in [2.75, 3.05) is 6.61 Å². The SMILES string of the molecule is C1=Cc2ccccc2OC1.[Cu].[Zr]. The summed E-state index contributed by atoms with van der Waals surface area (Å²) in [5.74, 6) is 0.991. The molecule has 65 valence electrons. The van der Waals surface area contributed by atoms with E-state index in [0.717, 1.165) is 5.75 Å². The number of rotatable bonds is 0. The van der Waals surface area contributed by atoms with Crippen LogP contribution in [0.15, 0.2) is 30.3 Å². The van der Waals surface area contributed by atoms with Crippen molar-refractivity contribution < 1.29 is 48.0 Å². The van der Waals surface area contributed by atoms with Gasteiger partial charge in [0.2, 0.25) is 0 Å². The Morgan fingerprint density at radius 1 is 1.17 bits per heavy atom. The first-order valence-electron chi connectivity index (χ1n) is 3.35. The summed E-state index contributed by atoms with van der Waals surface area (Å²) in [6, 6.07) is 8.03. The van der Waals surface area contributed by atoms with Gasteiger partial charge in [-0.15, -0.1) is 0 Å². The molecule has 0 fully saturated rings. The predicted octanol–water partition coefficient (Wildman–Crippen LogP) is 2.09. The van der Waals surface area contributed by atoms with Crippen molar-refractivity contribution in [2.45, 2.75) is 0 Å². The van der Waals surface area contributed by atoms with Crippen LogP contribution in [-0.4, -0.2) is 6.61 Å². The van der Waals surface area contributed by atoms with Gasteiger partial charge >= 0.3 is 0 Å². The number of hydrogen-bond donors (Lipinski definition) is 0. The van der Waals surface area contributed by atoms with Crippen LogP contribution in [0.25, 0.3) is 6.08 Å². The van der Waals surface area contributed by atoms with E-state index >= 15 is 0 Å². The maximum atomic E-state index is 5.34. The molecule has 12 heavy (non-hydrogen) atoms. The van der Waals surface area contributed by atoms with E-state index < -0.39 is 0 Å². The molecule has 1 aromatic carbocycles. The molecule has 3 heteroatoms. The zero-order valence-corrected chi connectivity index (χ0v) is 9.78. The fourth-order valence-electron chi connectivity index (χ4n) is 1.06. The number of hydrogen-bond acceptors (Lipinski definition) is 1. The van der Waals surface area contributed by atoms with Crippen LogP contribution in [0.2, 0.25) is 0 Å². The molecule has 0 atom stereocenters. The molecular formula is C9H8CuOZr. The Hall–Kier alpha value is 0.163. The number of para-hydroxylation sites is 1. The van der Waals surface area contributed by atoms with Crippen LogP contribution in [0.5, 0.6) is 5.75 Å². The van der Waals surface area contributed by atoms with Gasteiger partial charge in [-0.2, -0.15) is 0 Å². The Labute approximate surface area is 102 Å². The van der Waals surface area contributed by atoms with Crippen molar-refractivity contribution in [3.63, 3.8) is 0 Å². The smallest absolute Gasteiger partial charge is 0.126 e. The predicted molar refractivity (Wildman–Crippen MR) is 41.0 cm³/mol. The van der Waals surface area contributed by atoms with Gasteiger partial charge in [0.25, 0.3) is 0 Å². The molecule has 0 aliphatic carbocycles. The van der Waals surface area contributed by atoms with Gasteiger partial charge in [0.1, 0.15) is 12.4 Å². The molecule has 1 heterocycles. The van der Waals surface area contributed by atoms with Gasteiger partial charge in [-0.3, -0.25) is 0 Å². The molecular weight excluding hydrogens is 279 g/mol. The van der Waals surface area contributed by atoms with Gasteiger partial charge in [-0.1, -0.05) is 24.3 Å². The minimum absolute atomic E-state index is 0. The first-order valence-corrected chi connectivity index (χ1v) is 3.35. The summed E-state index contributed by atoms with van der Waals surface area (Å²) in [7, 11) is 0. The summed E-state index contributed by atoms with van der Waals surface area (Å²) in [5.41, 5.74) is 1.17. The maximum absolute atomic E-state index is 5.34. The molecule has 1 aliphatic rings.